The SMILES string of the molecule is CCCC(CC)N1NCOC1C(C)(C)C. The minimum absolute atomic E-state index is 0.171. The van der Waals surface area contributed by atoms with Crippen LogP contribution >= 0.6 is 0 Å². The number of hydrogen-bond acceptors (Lipinski definition) is 3. The predicted molar refractivity (Wildman–Crippen MR) is 63.2 cm³/mol. The van der Waals surface area contributed by atoms with Crippen LogP contribution in [0, 0.1) is 5.41 Å². The van der Waals surface area contributed by atoms with Gasteiger partial charge in [-0.2, -0.15) is 0 Å². The van der Waals surface area contributed by atoms with E-state index in [-0.39, 0.29) is 11.6 Å². The highest BCUT2D eigenvalue weighted by Gasteiger charge is 2.38. The lowest BCUT2D eigenvalue weighted by molar-refractivity contribution is -0.0699. The van der Waals surface area contributed by atoms with E-state index in [1.165, 1.54) is 19.3 Å². The maximum absolute atomic E-state index is 5.77. The zero-order chi connectivity index (χ0) is 11.5. The Kier molecular flexibility index (Phi) is 4.56. The van der Waals surface area contributed by atoms with E-state index in [2.05, 4.69) is 45.1 Å². The summed E-state index contributed by atoms with van der Waals surface area (Å²) in [6.45, 7) is 11.8. The first-order valence-electron chi connectivity index (χ1n) is 6.14. The quantitative estimate of drug-likeness (QED) is 0.778. The third kappa shape index (κ3) is 3.16. The smallest absolute Gasteiger partial charge is 0.130 e. The van der Waals surface area contributed by atoms with Crippen molar-refractivity contribution >= 4 is 0 Å². The molecule has 0 aliphatic carbocycles. The molecule has 1 saturated heterocycles. The molecule has 2 atom stereocenters. The molecule has 0 bridgehead atoms. The number of hydrogen-bond donors (Lipinski definition) is 1. The first-order chi connectivity index (χ1) is 7.00. The molecule has 3 nitrogen and oxygen atoms in total. The fourth-order valence-electron chi connectivity index (χ4n) is 2.21. The van der Waals surface area contributed by atoms with Gasteiger partial charge in [0.05, 0.1) is 0 Å². The fraction of sp³-hybridized carbons (Fsp3) is 1.00. The van der Waals surface area contributed by atoms with Crippen LogP contribution in [0.1, 0.15) is 53.9 Å². The summed E-state index contributed by atoms with van der Waals surface area (Å²) in [5.74, 6) is 0. The van der Waals surface area contributed by atoms with Crippen molar-refractivity contribution in [2.75, 3.05) is 6.73 Å². The van der Waals surface area contributed by atoms with Crippen LogP contribution in [0.4, 0.5) is 0 Å². The second kappa shape index (κ2) is 5.28. The summed E-state index contributed by atoms with van der Waals surface area (Å²) in [6.07, 6.45) is 3.85. The first-order valence-corrected chi connectivity index (χ1v) is 6.14. The molecule has 1 fully saturated rings. The maximum Gasteiger partial charge on any atom is 0.130 e. The summed E-state index contributed by atoms with van der Waals surface area (Å²) < 4.78 is 5.77. The molecule has 1 N–H and O–H groups in total. The molecule has 2 unspecified atom stereocenters. The van der Waals surface area contributed by atoms with Crippen LogP contribution in [-0.2, 0) is 4.74 Å². The Morgan fingerprint density at radius 2 is 2.07 bits per heavy atom. The van der Waals surface area contributed by atoms with Crippen LogP contribution in [0.25, 0.3) is 0 Å². The molecule has 90 valence electrons. The van der Waals surface area contributed by atoms with E-state index in [4.69, 9.17) is 4.74 Å². The van der Waals surface area contributed by atoms with E-state index in [1.807, 2.05) is 0 Å². The Morgan fingerprint density at radius 3 is 2.53 bits per heavy atom. The molecule has 1 aliphatic heterocycles. The molecule has 0 spiro atoms. The van der Waals surface area contributed by atoms with Crippen LogP contribution in [0.5, 0.6) is 0 Å². The standard InChI is InChI=1S/C12H26N2O/c1-6-8-10(7-2)14-11(12(3,4)5)15-9-13-14/h10-11,13H,6-9H2,1-5H3. The van der Waals surface area contributed by atoms with Gasteiger partial charge in [0.1, 0.15) is 13.0 Å². The van der Waals surface area contributed by atoms with Gasteiger partial charge < -0.3 is 4.74 Å². The molecule has 0 aromatic heterocycles. The molecule has 1 heterocycles. The van der Waals surface area contributed by atoms with E-state index in [0.29, 0.717) is 12.8 Å². The van der Waals surface area contributed by atoms with Crippen molar-refractivity contribution in [3.63, 3.8) is 0 Å². The Balaban J connectivity index is 2.66. The highest BCUT2D eigenvalue weighted by atomic mass is 16.5. The summed E-state index contributed by atoms with van der Waals surface area (Å²) in [4.78, 5) is 0. The van der Waals surface area contributed by atoms with Crippen molar-refractivity contribution in [3.8, 4) is 0 Å². The number of rotatable bonds is 4. The molecular weight excluding hydrogens is 188 g/mol. The average molecular weight is 214 g/mol. The first kappa shape index (κ1) is 12.9. The van der Waals surface area contributed by atoms with Gasteiger partial charge in [0.25, 0.3) is 0 Å². The Morgan fingerprint density at radius 1 is 1.40 bits per heavy atom. The van der Waals surface area contributed by atoms with Gasteiger partial charge in [-0.15, -0.1) is 0 Å². The van der Waals surface area contributed by atoms with Crippen LogP contribution < -0.4 is 5.43 Å². The van der Waals surface area contributed by atoms with Gasteiger partial charge in [-0.05, 0) is 12.8 Å². The van der Waals surface area contributed by atoms with Gasteiger partial charge in [0.2, 0.25) is 0 Å². The van der Waals surface area contributed by atoms with Crippen LogP contribution in [-0.4, -0.2) is 24.0 Å². The summed E-state index contributed by atoms with van der Waals surface area (Å²) in [5, 5.41) is 2.32. The zero-order valence-electron chi connectivity index (χ0n) is 10.8. The van der Waals surface area contributed by atoms with Gasteiger partial charge in [-0.3, -0.25) is 0 Å². The predicted octanol–water partition coefficient (Wildman–Crippen LogP) is 2.73. The Hall–Kier alpha value is -0.120. The van der Waals surface area contributed by atoms with Gasteiger partial charge >= 0.3 is 0 Å². The lowest BCUT2D eigenvalue weighted by Gasteiger charge is -2.37. The summed E-state index contributed by atoms with van der Waals surface area (Å²) in [5.41, 5.74) is 3.53. The molecule has 15 heavy (non-hydrogen) atoms. The van der Waals surface area contributed by atoms with Crippen LogP contribution in [0.2, 0.25) is 0 Å². The molecule has 0 radical (unpaired) electrons. The van der Waals surface area contributed by atoms with E-state index < -0.39 is 0 Å². The minimum Gasteiger partial charge on any atom is -0.345 e. The van der Waals surface area contributed by atoms with Gasteiger partial charge in [0, 0.05) is 11.5 Å². The summed E-state index contributed by atoms with van der Waals surface area (Å²) >= 11 is 0. The molecule has 0 aromatic carbocycles. The highest BCUT2D eigenvalue weighted by Crippen LogP contribution is 2.29. The lowest BCUT2D eigenvalue weighted by atomic mass is 9.92. The number of nitrogens with one attached hydrogen (secondary N) is 1. The average Bonchev–Trinajstić information content (AvgIpc) is 2.61. The number of nitrogens with zero attached hydrogens (tertiary/aromatic N) is 1. The van der Waals surface area contributed by atoms with Crippen molar-refractivity contribution in [2.24, 2.45) is 5.41 Å². The van der Waals surface area contributed by atoms with Crippen molar-refractivity contribution < 1.29 is 4.74 Å². The monoisotopic (exact) mass is 214 g/mol. The number of ether oxygens (including phenoxy) is 1. The summed E-state index contributed by atoms with van der Waals surface area (Å²) in [6, 6.07) is 0.599. The maximum atomic E-state index is 5.77. The fourth-order valence-corrected chi connectivity index (χ4v) is 2.21. The molecule has 3 heteroatoms. The molecule has 0 saturated carbocycles. The van der Waals surface area contributed by atoms with Gasteiger partial charge in [-0.25, -0.2) is 10.4 Å². The van der Waals surface area contributed by atoms with Crippen LogP contribution in [0.3, 0.4) is 0 Å². The third-order valence-corrected chi connectivity index (χ3v) is 2.97. The zero-order valence-corrected chi connectivity index (χ0v) is 10.8. The number of hydrazine groups is 1. The molecule has 0 amide bonds. The Labute approximate surface area is 94.1 Å². The third-order valence-electron chi connectivity index (χ3n) is 2.97. The molecule has 1 aliphatic rings. The second-order valence-electron chi connectivity index (χ2n) is 5.45. The largest absolute Gasteiger partial charge is 0.345 e. The normalized spacial score (nSPS) is 25.8. The van der Waals surface area contributed by atoms with Crippen LogP contribution in [0.15, 0.2) is 0 Å². The molecule has 0 aromatic rings. The van der Waals surface area contributed by atoms with E-state index in [9.17, 15) is 0 Å². The summed E-state index contributed by atoms with van der Waals surface area (Å²) in [7, 11) is 0. The molecule has 1 rings (SSSR count). The highest BCUT2D eigenvalue weighted by molar-refractivity contribution is 4.81. The van der Waals surface area contributed by atoms with Crippen molar-refractivity contribution in [2.45, 2.75) is 66.2 Å². The van der Waals surface area contributed by atoms with Crippen molar-refractivity contribution in [3.05, 3.63) is 0 Å². The minimum atomic E-state index is 0.171. The van der Waals surface area contributed by atoms with Crippen molar-refractivity contribution in [1.82, 2.24) is 10.4 Å². The van der Waals surface area contributed by atoms with Gasteiger partial charge in [0.15, 0.2) is 0 Å². The van der Waals surface area contributed by atoms with E-state index >= 15 is 0 Å². The topological polar surface area (TPSA) is 24.5 Å². The van der Waals surface area contributed by atoms with Crippen molar-refractivity contribution in [1.29, 1.82) is 0 Å². The van der Waals surface area contributed by atoms with Gasteiger partial charge in [-0.1, -0.05) is 41.0 Å². The Bertz CT molecular complexity index is 189. The lowest BCUT2D eigenvalue weighted by Crippen LogP contribution is -2.50. The van der Waals surface area contributed by atoms with E-state index in [1.54, 1.807) is 0 Å². The van der Waals surface area contributed by atoms with E-state index in [0.717, 1.165) is 0 Å². The molecular formula is C12H26N2O. The second-order valence-corrected chi connectivity index (χ2v) is 5.45.